The fourth-order valence-electron chi connectivity index (χ4n) is 7.94. The molecule has 0 saturated heterocycles. The maximum absolute atomic E-state index is 12.9. The Morgan fingerprint density at radius 3 is 1.29 bits per heavy atom. The van der Waals surface area contributed by atoms with Gasteiger partial charge in [0.2, 0.25) is 5.91 Å². The highest BCUT2D eigenvalue weighted by Crippen LogP contribution is 2.43. The number of unbranched alkanes of at least 4 members (excludes halogenated alkanes) is 34. The Hall–Kier alpha value is -1.02. The molecule has 0 bridgehead atoms. The molecule has 3 atom stereocenters. The lowest BCUT2D eigenvalue weighted by Crippen LogP contribution is -2.45. The topological polar surface area (TPSA) is 105 Å². The zero-order valence-corrected chi connectivity index (χ0v) is 42.8. The molecule has 0 aromatic rings. The molecule has 0 saturated carbocycles. The number of carbonyl (C=O) groups excluding carboxylic acids is 1. The summed E-state index contributed by atoms with van der Waals surface area (Å²) < 4.78 is 23.6. The quantitative estimate of drug-likeness (QED) is 0.0243. The van der Waals surface area contributed by atoms with Crippen LogP contribution in [0.5, 0.6) is 0 Å². The number of carbonyl (C=O) groups is 1. The van der Waals surface area contributed by atoms with E-state index in [1.54, 1.807) is 6.08 Å². The Labute approximate surface area is 385 Å². The minimum Gasteiger partial charge on any atom is -0.387 e. The predicted octanol–water partition coefficient (Wildman–Crippen LogP) is 15.6. The van der Waals surface area contributed by atoms with Crippen molar-refractivity contribution in [2.24, 2.45) is 0 Å². The fourth-order valence-corrected chi connectivity index (χ4v) is 8.68. The highest BCUT2D eigenvalue weighted by atomic mass is 31.2. The summed E-state index contributed by atoms with van der Waals surface area (Å²) in [5.41, 5.74) is 0. The summed E-state index contributed by atoms with van der Waals surface area (Å²) in [6.07, 6.45) is 55.5. The normalized spacial score (nSPS) is 14.2. The van der Waals surface area contributed by atoms with E-state index in [-0.39, 0.29) is 19.1 Å². The molecule has 0 fully saturated rings. The molecule has 0 aliphatic rings. The van der Waals surface area contributed by atoms with Crippen molar-refractivity contribution in [3.05, 3.63) is 24.3 Å². The van der Waals surface area contributed by atoms with Crippen LogP contribution in [-0.4, -0.2) is 73.4 Å². The van der Waals surface area contributed by atoms with Crippen molar-refractivity contribution in [2.45, 2.75) is 270 Å². The van der Waals surface area contributed by atoms with Gasteiger partial charge in [0.25, 0.3) is 0 Å². The molecule has 0 aliphatic carbocycles. The monoisotopic (exact) mass is 898 g/mol. The summed E-state index contributed by atoms with van der Waals surface area (Å²) in [4.78, 5) is 23.2. The van der Waals surface area contributed by atoms with E-state index in [1.165, 1.54) is 199 Å². The third-order valence-corrected chi connectivity index (χ3v) is 13.2. The van der Waals surface area contributed by atoms with Crippen LogP contribution in [0.2, 0.25) is 0 Å². The number of rotatable bonds is 49. The van der Waals surface area contributed by atoms with Crippen molar-refractivity contribution >= 4 is 13.7 Å². The summed E-state index contributed by atoms with van der Waals surface area (Å²) >= 11 is 0. The van der Waals surface area contributed by atoms with E-state index >= 15 is 0 Å². The Balaban J connectivity index is 4.28. The number of aliphatic hydroxyl groups is 1. The number of aliphatic hydroxyl groups excluding tert-OH is 1. The first-order valence-corrected chi connectivity index (χ1v) is 28.2. The highest BCUT2D eigenvalue weighted by Gasteiger charge is 2.27. The molecular weight excluding hydrogens is 792 g/mol. The number of amides is 1. The number of hydrogen-bond acceptors (Lipinski definition) is 5. The van der Waals surface area contributed by atoms with Crippen LogP contribution in [0.1, 0.15) is 258 Å². The average molecular weight is 898 g/mol. The van der Waals surface area contributed by atoms with Crippen molar-refractivity contribution in [3.63, 3.8) is 0 Å². The molecule has 0 heterocycles. The second-order valence-electron chi connectivity index (χ2n) is 19.6. The van der Waals surface area contributed by atoms with Gasteiger partial charge in [-0.2, -0.15) is 0 Å². The van der Waals surface area contributed by atoms with Gasteiger partial charge in [0, 0.05) is 6.42 Å². The standard InChI is InChI=1S/C53H105N2O6P/c1-6-8-10-12-14-16-18-20-22-24-26-27-28-29-31-33-35-37-39-41-43-45-47-53(57)54-51(50-61-62(58,59)60-49-48-55(3,4)5)52(56)46-44-42-40-38-36-34-32-30-25-23-21-19-17-15-13-11-9-7-2/h36,38,44,46,51-52,56H,6-35,37,39-43,45,47-50H2,1-5H3,(H-,54,57,58,59)/p+1/b38-36+,46-44+. The SMILES string of the molecule is CCCCCCCCCCCCCC/C=C/CC/C=C/C(O)C(COP(=O)(O)OCC[N+](C)(C)C)NC(=O)CCCCCCCCCCCCCCCCCCCCCCCC. The van der Waals surface area contributed by atoms with Gasteiger partial charge in [-0.05, 0) is 32.1 Å². The van der Waals surface area contributed by atoms with Crippen molar-refractivity contribution in [1.82, 2.24) is 5.32 Å². The smallest absolute Gasteiger partial charge is 0.387 e. The Bertz CT molecular complexity index is 1060. The first-order valence-electron chi connectivity index (χ1n) is 26.7. The molecule has 3 N–H and O–H groups in total. The van der Waals surface area contributed by atoms with Crippen LogP contribution >= 0.6 is 7.82 Å². The number of phosphoric acid groups is 1. The Morgan fingerprint density at radius 2 is 0.887 bits per heavy atom. The zero-order valence-electron chi connectivity index (χ0n) is 41.9. The summed E-state index contributed by atoms with van der Waals surface area (Å²) in [5, 5.41) is 13.9. The van der Waals surface area contributed by atoms with E-state index in [2.05, 4.69) is 31.3 Å². The molecule has 0 rings (SSSR count). The van der Waals surface area contributed by atoms with Gasteiger partial charge in [-0.25, -0.2) is 4.57 Å². The van der Waals surface area contributed by atoms with Crippen molar-refractivity contribution in [1.29, 1.82) is 0 Å². The van der Waals surface area contributed by atoms with Gasteiger partial charge in [0.15, 0.2) is 0 Å². The number of allylic oxidation sites excluding steroid dienone is 3. The first-order chi connectivity index (χ1) is 30.0. The Morgan fingerprint density at radius 1 is 0.532 bits per heavy atom. The second-order valence-corrected chi connectivity index (χ2v) is 21.1. The van der Waals surface area contributed by atoms with E-state index in [0.717, 1.165) is 38.5 Å². The van der Waals surface area contributed by atoms with Crippen molar-refractivity contribution < 1.29 is 32.9 Å². The molecular formula is C53H106N2O6P+. The van der Waals surface area contributed by atoms with Gasteiger partial charge in [-0.15, -0.1) is 0 Å². The van der Waals surface area contributed by atoms with Gasteiger partial charge in [0.1, 0.15) is 13.2 Å². The number of quaternary nitrogens is 1. The second kappa shape index (κ2) is 45.1. The van der Waals surface area contributed by atoms with Crippen LogP contribution in [-0.2, 0) is 18.4 Å². The predicted molar refractivity (Wildman–Crippen MR) is 268 cm³/mol. The van der Waals surface area contributed by atoms with Gasteiger partial charge >= 0.3 is 7.82 Å². The molecule has 0 aromatic heterocycles. The van der Waals surface area contributed by atoms with E-state index in [1.807, 2.05) is 27.2 Å². The number of phosphoric ester groups is 1. The van der Waals surface area contributed by atoms with E-state index < -0.39 is 20.0 Å². The van der Waals surface area contributed by atoms with Gasteiger partial charge < -0.3 is 19.8 Å². The lowest BCUT2D eigenvalue weighted by molar-refractivity contribution is -0.870. The molecule has 368 valence electrons. The molecule has 8 nitrogen and oxygen atoms in total. The van der Waals surface area contributed by atoms with Gasteiger partial charge in [-0.1, -0.05) is 244 Å². The van der Waals surface area contributed by atoms with Gasteiger partial charge in [0.05, 0.1) is 39.9 Å². The highest BCUT2D eigenvalue weighted by molar-refractivity contribution is 7.47. The average Bonchev–Trinajstić information content (AvgIpc) is 3.23. The molecule has 0 aromatic carbocycles. The van der Waals surface area contributed by atoms with E-state index in [0.29, 0.717) is 17.4 Å². The molecule has 0 spiro atoms. The van der Waals surface area contributed by atoms with E-state index in [4.69, 9.17) is 9.05 Å². The maximum atomic E-state index is 12.9. The number of hydrogen-bond donors (Lipinski definition) is 3. The lowest BCUT2D eigenvalue weighted by atomic mass is 10.0. The van der Waals surface area contributed by atoms with Crippen LogP contribution in [0, 0.1) is 0 Å². The van der Waals surface area contributed by atoms with Crippen LogP contribution in [0.25, 0.3) is 0 Å². The van der Waals surface area contributed by atoms with Crippen molar-refractivity contribution in [2.75, 3.05) is 40.9 Å². The maximum Gasteiger partial charge on any atom is 0.472 e. The molecule has 1 amide bonds. The largest absolute Gasteiger partial charge is 0.472 e. The summed E-state index contributed by atoms with van der Waals surface area (Å²) in [6.45, 7) is 4.83. The zero-order chi connectivity index (χ0) is 45.7. The minimum absolute atomic E-state index is 0.0586. The lowest BCUT2D eigenvalue weighted by Gasteiger charge is -2.25. The van der Waals surface area contributed by atoms with Crippen LogP contribution < -0.4 is 5.32 Å². The number of nitrogens with zero attached hydrogens (tertiary/aromatic N) is 1. The molecule has 3 unspecified atom stereocenters. The third kappa shape index (κ3) is 47.0. The first kappa shape index (κ1) is 61.0. The van der Waals surface area contributed by atoms with Crippen LogP contribution in [0.3, 0.4) is 0 Å². The third-order valence-electron chi connectivity index (χ3n) is 12.2. The van der Waals surface area contributed by atoms with Crippen LogP contribution in [0.4, 0.5) is 0 Å². The Kier molecular flexibility index (Phi) is 44.4. The molecule has 0 radical (unpaired) electrons. The summed E-state index contributed by atoms with van der Waals surface area (Å²) in [7, 11) is 1.57. The minimum atomic E-state index is -4.35. The summed E-state index contributed by atoms with van der Waals surface area (Å²) in [6, 6.07) is -0.859. The number of nitrogens with one attached hydrogen (secondary N) is 1. The number of likely N-dealkylation sites (N-methyl/N-ethyl adjacent to an activating group) is 1. The van der Waals surface area contributed by atoms with Crippen LogP contribution in [0.15, 0.2) is 24.3 Å². The summed E-state index contributed by atoms with van der Waals surface area (Å²) in [5.74, 6) is -0.182. The van der Waals surface area contributed by atoms with Crippen molar-refractivity contribution in [3.8, 4) is 0 Å². The fraction of sp³-hybridized carbons (Fsp3) is 0.906. The molecule has 62 heavy (non-hydrogen) atoms. The van der Waals surface area contributed by atoms with Gasteiger partial charge in [-0.3, -0.25) is 13.8 Å². The molecule has 0 aliphatic heterocycles. The molecule has 9 heteroatoms. The van der Waals surface area contributed by atoms with E-state index in [9.17, 15) is 19.4 Å².